The third-order valence-electron chi connectivity index (χ3n) is 2.65. The van der Waals surface area contributed by atoms with Gasteiger partial charge in [-0.05, 0) is 12.8 Å². The van der Waals surface area contributed by atoms with Gasteiger partial charge >= 0.3 is 10.4 Å². The minimum absolute atomic E-state index is 0.649. The lowest BCUT2D eigenvalue weighted by Crippen LogP contribution is -2.58. The lowest BCUT2D eigenvalue weighted by Gasteiger charge is -2.41. The minimum Gasteiger partial charge on any atom is -0.250 e. The number of nitrogens with zero attached hydrogens (tertiary/aromatic N) is 1. The molecule has 5 nitrogen and oxygen atoms in total. The van der Waals surface area contributed by atoms with E-state index in [0.29, 0.717) is 6.42 Å². The van der Waals surface area contributed by atoms with Crippen LogP contribution in [0, 0.1) is 0 Å². The van der Waals surface area contributed by atoms with Gasteiger partial charge in [0.05, 0.1) is 0 Å². The summed E-state index contributed by atoms with van der Waals surface area (Å²) in [5, 5.41) is 0. The Bertz CT molecular complexity index is 301. The van der Waals surface area contributed by atoms with E-state index in [1.54, 1.807) is 0 Å². The molecule has 0 saturated carbocycles. The molecule has 2 rings (SSSR count). The fourth-order valence-electron chi connectivity index (χ4n) is 1.97. The molecular weight excluding hydrogens is 206 g/mol. The van der Waals surface area contributed by atoms with Gasteiger partial charge in [-0.15, -0.1) is 0 Å². The van der Waals surface area contributed by atoms with Crippen LogP contribution in [0.25, 0.3) is 0 Å². The van der Waals surface area contributed by atoms with Crippen LogP contribution in [0.3, 0.4) is 0 Å². The van der Waals surface area contributed by atoms with Crippen molar-refractivity contribution in [3.63, 3.8) is 0 Å². The zero-order valence-corrected chi connectivity index (χ0v) is 9.05. The predicted octanol–water partition coefficient (Wildman–Crippen LogP) is 0.828. The van der Waals surface area contributed by atoms with Gasteiger partial charge in [-0.3, -0.25) is 4.90 Å². The summed E-state index contributed by atoms with van der Waals surface area (Å²) in [6, 6.07) is 0. The average molecular weight is 221 g/mol. The Morgan fingerprint density at radius 1 is 1.43 bits per heavy atom. The van der Waals surface area contributed by atoms with Gasteiger partial charge in [-0.1, -0.05) is 13.3 Å². The standard InChI is InChI=1S/C8H15NO4S/c1-2-3-6-9-7-4-5-8(9)12-14(10,11)13-8/h2-7H2,1H3. The van der Waals surface area contributed by atoms with Crippen LogP contribution in [-0.2, 0) is 18.8 Å². The SMILES string of the molecule is CCCCN1CCCC12OS(=O)(=O)O2. The first-order chi connectivity index (χ1) is 6.58. The Labute approximate surface area is 84.3 Å². The van der Waals surface area contributed by atoms with E-state index >= 15 is 0 Å². The third-order valence-corrected chi connectivity index (χ3v) is 3.58. The van der Waals surface area contributed by atoms with Crippen molar-refractivity contribution in [1.82, 2.24) is 4.90 Å². The predicted molar refractivity (Wildman–Crippen MR) is 49.5 cm³/mol. The maximum atomic E-state index is 10.8. The van der Waals surface area contributed by atoms with Crippen molar-refractivity contribution >= 4 is 10.4 Å². The van der Waals surface area contributed by atoms with Crippen molar-refractivity contribution in [1.29, 1.82) is 0 Å². The van der Waals surface area contributed by atoms with Gasteiger partial charge in [-0.2, -0.15) is 16.8 Å². The van der Waals surface area contributed by atoms with Crippen molar-refractivity contribution in [2.45, 2.75) is 38.5 Å². The summed E-state index contributed by atoms with van der Waals surface area (Å²) in [7, 11) is -3.67. The number of unbranched alkanes of at least 4 members (excludes halogenated alkanes) is 1. The summed E-state index contributed by atoms with van der Waals surface area (Å²) in [5.41, 5.74) is 0. The highest BCUT2D eigenvalue weighted by Crippen LogP contribution is 2.42. The normalized spacial score (nSPS) is 29.2. The molecule has 0 amide bonds. The largest absolute Gasteiger partial charge is 0.407 e. The van der Waals surface area contributed by atoms with E-state index in [1.165, 1.54) is 0 Å². The topological polar surface area (TPSA) is 55.8 Å². The zero-order chi connectivity index (χ0) is 10.2. The summed E-state index contributed by atoms with van der Waals surface area (Å²) in [5.74, 6) is -0.937. The molecule has 0 aromatic heterocycles. The quantitative estimate of drug-likeness (QED) is 0.706. The summed E-state index contributed by atoms with van der Waals surface area (Å²) in [4.78, 5) is 1.97. The molecule has 0 unspecified atom stereocenters. The van der Waals surface area contributed by atoms with E-state index < -0.39 is 16.3 Å². The Morgan fingerprint density at radius 3 is 2.71 bits per heavy atom. The van der Waals surface area contributed by atoms with Gasteiger partial charge in [0.15, 0.2) is 0 Å². The molecule has 0 bridgehead atoms. The first-order valence-electron chi connectivity index (χ1n) is 4.99. The summed E-state index contributed by atoms with van der Waals surface area (Å²) in [6.45, 7) is 3.80. The monoisotopic (exact) mass is 221 g/mol. The molecule has 6 heteroatoms. The summed E-state index contributed by atoms with van der Waals surface area (Å²) < 4.78 is 31.3. The van der Waals surface area contributed by atoms with Crippen LogP contribution in [-0.4, -0.2) is 32.3 Å². The van der Waals surface area contributed by atoms with Crippen LogP contribution in [0.4, 0.5) is 0 Å². The lowest BCUT2D eigenvalue weighted by molar-refractivity contribution is -0.263. The van der Waals surface area contributed by atoms with Gasteiger partial charge in [0, 0.05) is 19.5 Å². The van der Waals surface area contributed by atoms with Crippen molar-refractivity contribution in [3.05, 3.63) is 0 Å². The number of hydrogen-bond donors (Lipinski definition) is 0. The highest BCUT2D eigenvalue weighted by atomic mass is 32.3. The molecule has 2 saturated heterocycles. The van der Waals surface area contributed by atoms with Gasteiger partial charge < -0.3 is 0 Å². The number of rotatable bonds is 3. The smallest absolute Gasteiger partial charge is 0.250 e. The van der Waals surface area contributed by atoms with E-state index in [4.69, 9.17) is 8.37 Å². The molecule has 0 N–H and O–H groups in total. The number of likely N-dealkylation sites (tertiary alicyclic amines) is 1. The van der Waals surface area contributed by atoms with Crippen LogP contribution >= 0.6 is 0 Å². The molecule has 2 aliphatic rings. The third kappa shape index (κ3) is 1.67. The molecule has 82 valence electrons. The first-order valence-corrected chi connectivity index (χ1v) is 6.32. The second-order valence-corrected chi connectivity index (χ2v) is 4.88. The second-order valence-electron chi connectivity index (χ2n) is 3.73. The highest BCUT2D eigenvalue weighted by Gasteiger charge is 2.58. The van der Waals surface area contributed by atoms with E-state index in [2.05, 4.69) is 6.92 Å². The maximum Gasteiger partial charge on any atom is 0.407 e. The van der Waals surface area contributed by atoms with Crippen molar-refractivity contribution in [2.75, 3.05) is 13.1 Å². The highest BCUT2D eigenvalue weighted by molar-refractivity contribution is 7.82. The van der Waals surface area contributed by atoms with Crippen molar-refractivity contribution < 1.29 is 16.8 Å². The van der Waals surface area contributed by atoms with Crippen LogP contribution < -0.4 is 0 Å². The molecule has 2 heterocycles. The Kier molecular flexibility index (Phi) is 2.55. The zero-order valence-electron chi connectivity index (χ0n) is 8.23. The molecule has 14 heavy (non-hydrogen) atoms. The second kappa shape index (κ2) is 3.44. The van der Waals surface area contributed by atoms with E-state index in [9.17, 15) is 8.42 Å². The van der Waals surface area contributed by atoms with E-state index in [-0.39, 0.29) is 0 Å². The fraction of sp³-hybridized carbons (Fsp3) is 1.00. The Morgan fingerprint density at radius 2 is 2.14 bits per heavy atom. The van der Waals surface area contributed by atoms with Crippen molar-refractivity contribution in [2.24, 2.45) is 0 Å². The minimum atomic E-state index is -3.67. The first kappa shape index (κ1) is 10.4. The summed E-state index contributed by atoms with van der Waals surface area (Å²) in [6.07, 6.45) is 3.70. The molecule has 0 atom stereocenters. The molecule has 2 aliphatic heterocycles. The van der Waals surface area contributed by atoms with E-state index in [0.717, 1.165) is 32.4 Å². The average Bonchev–Trinajstić information content (AvgIpc) is 2.42. The van der Waals surface area contributed by atoms with Gasteiger partial charge in [0.25, 0.3) is 5.91 Å². The molecule has 0 aromatic carbocycles. The van der Waals surface area contributed by atoms with Crippen LogP contribution in [0.2, 0.25) is 0 Å². The molecule has 0 aromatic rings. The molecule has 0 radical (unpaired) electrons. The van der Waals surface area contributed by atoms with Gasteiger partial charge in [0.2, 0.25) is 0 Å². The molecule has 1 spiro atoms. The van der Waals surface area contributed by atoms with Crippen LogP contribution in [0.1, 0.15) is 32.6 Å². The number of hydrogen-bond acceptors (Lipinski definition) is 5. The molecule has 2 fully saturated rings. The van der Waals surface area contributed by atoms with E-state index in [1.807, 2.05) is 4.90 Å². The van der Waals surface area contributed by atoms with Gasteiger partial charge in [-0.25, -0.2) is 0 Å². The van der Waals surface area contributed by atoms with Crippen molar-refractivity contribution in [3.8, 4) is 0 Å². The van der Waals surface area contributed by atoms with Crippen LogP contribution in [0.15, 0.2) is 0 Å². The van der Waals surface area contributed by atoms with Crippen LogP contribution in [0.5, 0.6) is 0 Å². The lowest BCUT2D eigenvalue weighted by atomic mass is 10.3. The summed E-state index contributed by atoms with van der Waals surface area (Å²) >= 11 is 0. The Hall–Kier alpha value is -0.170. The molecular formula is C8H15NO4S. The maximum absolute atomic E-state index is 10.8. The Balaban J connectivity index is 1.98. The van der Waals surface area contributed by atoms with Gasteiger partial charge in [0.1, 0.15) is 0 Å². The fourth-order valence-corrected chi connectivity index (χ4v) is 2.99. The molecule has 0 aliphatic carbocycles.